The highest BCUT2D eigenvalue weighted by Gasteiger charge is 2.40. The van der Waals surface area contributed by atoms with Gasteiger partial charge in [0.15, 0.2) is 0 Å². The van der Waals surface area contributed by atoms with Crippen LogP contribution in [0.5, 0.6) is 5.75 Å². The molecular weight excluding hydrogens is 262 g/mol. The molecule has 1 aromatic carbocycles. The quantitative estimate of drug-likeness (QED) is 0.862. The number of carboxylic acid groups (broad SMARTS) is 1. The fourth-order valence-electron chi connectivity index (χ4n) is 2.47. The minimum absolute atomic E-state index is 0.0741. The maximum absolute atomic E-state index is 12.5. The van der Waals surface area contributed by atoms with E-state index >= 15 is 0 Å². The topological polar surface area (TPSA) is 87.1 Å². The largest absolute Gasteiger partial charge is 0.508 e. The van der Waals surface area contributed by atoms with Crippen LogP contribution in [0, 0.1) is 6.92 Å². The van der Waals surface area contributed by atoms with Gasteiger partial charge in [-0.05, 0) is 30.7 Å². The molecule has 2 atom stereocenters. The normalized spacial score (nSPS) is 22.0. The number of methoxy groups -OCH3 is 1. The molecule has 0 saturated carbocycles. The van der Waals surface area contributed by atoms with Gasteiger partial charge in [0, 0.05) is 25.6 Å². The Bertz CT molecular complexity index is 542. The van der Waals surface area contributed by atoms with Gasteiger partial charge in [-0.25, -0.2) is 4.79 Å². The van der Waals surface area contributed by atoms with Gasteiger partial charge in [0.05, 0.1) is 6.10 Å². The van der Waals surface area contributed by atoms with Crippen LogP contribution in [-0.4, -0.2) is 52.8 Å². The highest BCUT2D eigenvalue weighted by Crippen LogP contribution is 2.25. The Hall–Kier alpha value is -2.08. The summed E-state index contributed by atoms with van der Waals surface area (Å²) in [6, 6.07) is 3.53. The second-order valence-corrected chi connectivity index (χ2v) is 4.90. The maximum atomic E-state index is 12.5. The van der Waals surface area contributed by atoms with Crippen LogP contribution in [0.15, 0.2) is 18.2 Å². The highest BCUT2D eigenvalue weighted by molar-refractivity contribution is 5.98. The van der Waals surface area contributed by atoms with Gasteiger partial charge in [-0.3, -0.25) is 4.79 Å². The molecule has 0 radical (unpaired) electrons. The highest BCUT2D eigenvalue weighted by atomic mass is 16.5. The number of phenols is 1. The number of nitrogens with zero attached hydrogens (tertiary/aromatic N) is 1. The Balaban J connectivity index is 2.29. The minimum atomic E-state index is -1.03. The molecule has 2 unspecified atom stereocenters. The average Bonchev–Trinajstić information content (AvgIpc) is 2.82. The SMILES string of the molecule is COC1CC(C(=O)O)N(C(=O)c2ccc(O)cc2C)C1. The molecule has 1 fully saturated rings. The monoisotopic (exact) mass is 279 g/mol. The van der Waals surface area contributed by atoms with Crippen molar-refractivity contribution >= 4 is 11.9 Å². The smallest absolute Gasteiger partial charge is 0.326 e. The number of carbonyl (C=O) groups is 2. The Kier molecular flexibility index (Phi) is 3.94. The van der Waals surface area contributed by atoms with E-state index in [1.807, 2.05) is 0 Å². The number of benzene rings is 1. The third-order valence-corrected chi connectivity index (χ3v) is 3.58. The number of likely N-dealkylation sites (tertiary alicyclic amines) is 1. The lowest BCUT2D eigenvalue weighted by Gasteiger charge is -2.22. The van der Waals surface area contributed by atoms with Crippen LogP contribution in [0.3, 0.4) is 0 Å². The molecule has 6 heteroatoms. The van der Waals surface area contributed by atoms with Crippen LogP contribution in [-0.2, 0) is 9.53 Å². The summed E-state index contributed by atoms with van der Waals surface area (Å²) in [5.41, 5.74) is 1.01. The average molecular weight is 279 g/mol. The first-order chi connectivity index (χ1) is 9.43. The summed E-state index contributed by atoms with van der Waals surface area (Å²) in [5.74, 6) is -1.31. The summed E-state index contributed by atoms with van der Waals surface area (Å²) in [6.45, 7) is 1.96. The van der Waals surface area contributed by atoms with Crippen molar-refractivity contribution in [3.63, 3.8) is 0 Å². The lowest BCUT2D eigenvalue weighted by Crippen LogP contribution is -2.40. The molecule has 20 heavy (non-hydrogen) atoms. The maximum Gasteiger partial charge on any atom is 0.326 e. The number of carboxylic acids is 1. The van der Waals surface area contributed by atoms with E-state index < -0.39 is 12.0 Å². The number of carbonyl (C=O) groups excluding carboxylic acids is 1. The second-order valence-electron chi connectivity index (χ2n) is 4.90. The molecule has 2 rings (SSSR count). The number of aromatic hydroxyl groups is 1. The predicted octanol–water partition coefficient (Wildman–Crippen LogP) is 1.01. The lowest BCUT2D eigenvalue weighted by molar-refractivity contribution is -0.141. The molecule has 1 amide bonds. The van der Waals surface area contributed by atoms with Crippen molar-refractivity contribution in [2.45, 2.75) is 25.5 Å². The van der Waals surface area contributed by atoms with Crippen molar-refractivity contribution in [1.29, 1.82) is 0 Å². The number of amides is 1. The van der Waals surface area contributed by atoms with Crippen molar-refractivity contribution < 1.29 is 24.5 Å². The number of phenolic OH excluding ortho intramolecular Hbond substituents is 1. The Morgan fingerprint density at radius 1 is 1.40 bits per heavy atom. The lowest BCUT2D eigenvalue weighted by atomic mass is 10.1. The molecule has 0 aromatic heterocycles. The number of aliphatic carboxylic acids is 1. The molecular formula is C14H17NO5. The third-order valence-electron chi connectivity index (χ3n) is 3.58. The summed E-state index contributed by atoms with van der Waals surface area (Å²) < 4.78 is 5.16. The zero-order chi connectivity index (χ0) is 14.9. The van der Waals surface area contributed by atoms with Crippen molar-refractivity contribution in [3.8, 4) is 5.75 Å². The van der Waals surface area contributed by atoms with Gasteiger partial charge in [0.25, 0.3) is 5.91 Å². The van der Waals surface area contributed by atoms with Crippen molar-refractivity contribution in [2.24, 2.45) is 0 Å². The summed E-state index contributed by atoms with van der Waals surface area (Å²) in [7, 11) is 1.50. The van der Waals surface area contributed by atoms with Gasteiger partial charge in [0.1, 0.15) is 11.8 Å². The number of aryl methyl sites for hydroxylation is 1. The number of hydrogen-bond acceptors (Lipinski definition) is 4. The van der Waals surface area contributed by atoms with Gasteiger partial charge in [-0.15, -0.1) is 0 Å². The molecule has 1 saturated heterocycles. The van der Waals surface area contributed by atoms with Crippen LogP contribution in [0.25, 0.3) is 0 Å². The molecule has 108 valence electrons. The fourth-order valence-corrected chi connectivity index (χ4v) is 2.47. The van der Waals surface area contributed by atoms with E-state index in [0.717, 1.165) is 0 Å². The first kappa shape index (κ1) is 14.3. The summed E-state index contributed by atoms with van der Waals surface area (Å²) in [6.07, 6.45) is 0.0202. The van der Waals surface area contributed by atoms with Gasteiger partial charge in [0.2, 0.25) is 0 Å². The zero-order valence-electron chi connectivity index (χ0n) is 11.4. The predicted molar refractivity (Wildman–Crippen MR) is 70.7 cm³/mol. The van der Waals surface area contributed by atoms with E-state index in [9.17, 15) is 19.8 Å². The Morgan fingerprint density at radius 3 is 2.65 bits per heavy atom. The van der Waals surface area contributed by atoms with E-state index in [1.165, 1.54) is 30.2 Å². The van der Waals surface area contributed by atoms with Gasteiger partial charge in [-0.2, -0.15) is 0 Å². The van der Waals surface area contributed by atoms with Crippen LogP contribution in [0.1, 0.15) is 22.3 Å². The first-order valence-corrected chi connectivity index (χ1v) is 6.30. The third kappa shape index (κ3) is 2.60. The molecule has 2 N–H and O–H groups in total. The van der Waals surface area contributed by atoms with Gasteiger partial charge in [-0.1, -0.05) is 0 Å². The summed E-state index contributed by atoms with van der Waals surface area (Å²) in [4.78, 5) is 25.1. The molecule has 1 aliphatic rings. The van der Waals surface area contributed by atoms with Crippen LogP contribution in [0.4, 0.5) is 0 Å². The Labute approximate surface area is 116 Å². The van der Waals surface area contributed by atoms with E-state index in [1.54, 1.807) is 6.92 Å². The van der Waals surface area contributed by atoms with Gasteiger partial charge >= 0.3 is 5.97 Å². The molecule has 1 aromatic rings. The first-order valence-electron chi connectivity index (χ1n) is 6.30. The molecule has 0 bridgehead atoms. The van der Waals surface area contributed by atoms with E-state index in [2.05, 4.69) is 0 Å². The second kappa shape index (κ2) is 5.50. The molecule has 0 aliphatic carbocycles. The fraction of sp³-hybridized carbons (Fsp3) is 0.429. The molecule has 0 spiro atoms. The summed E-state index contributed by atoms with van der Waals surface area (Å²) >= 11 is 0. The van der Waals surface area contributed by atoms with Crippen molar-refractivity contribution in [3.05, 3.63) is 29.3 Å². The number of ether oxygens (including phenoxy) is 1. The molecule has 6 nitrogen and oxygen atoms in total. The minimum Gasteiger partial charge on any atom is -0.508 e. The van der Waals surface area contributed by atoms with Crippen LogP contribution < -0.4 is 0 Å². The summed E-state index contributed by atoms with van der Waals surface area (Å²) in [5, 5.41) is 18.6. The molecule has 1 aliphatic heterocycles. The van der Waals surface area contributed by atoms with Gasteiger partial charge < -0.3 is 19.8 Å². The number of rotatable bonds is 3. The van der Waals surface area contributed by atoms with E-state index in [0.29, 0.717) is 11.1 Å². The zero-order valence-corrected chi connectivity index (χ0v) is 11.4. The number of hydrogen-bond donors (Lipinski definition) is 2. The van der Waals surface area contributed by atoms with E-state index in [4.69, 9.17) is 4.74 Å². The van der Waals surface area contributed by atoms with E-state index in [-0.39, 0.29) is 30.7 Å². The van der Waals surface area contributed by atoms with Crippen molar-refractivity contribution in [2.75, 3.05) is 13.7 Å². The Morgan fingerprint density at radius 2 is 2.10 bits per heavy atom. The van der Waals surface area contributed by atoms with Crippen LogP contribution >= 0.6 is 0 Å². The van der Waals surface area contributed by atoms with Crippen LogP contribution in [0.2, 0.25) is 0 Å². The molecule has 1 heterocycles. The standard InChI is InChI=1S/C14H17NO5/c1-8-5-9(16)3-4-11(8)13(17)15-7-10(20-2)6-12(15)14(18)19/h3-5,10,12,16H,6-7H2,1-2H3,(H,18,19). The van der Waals surface area contributed by atoms with Crippen molar-refractivity contribution in [1.82, 2.24) is 4.90 Å².